The molecule has 0 bridgehead atoms. The molecule has 1 aromatic rings. The third-order valence-corrected chi connectivity index (χ3v) is 4.43. The van der Waals surface area contributed by atoms with Crippen LogP contribution in [0.15, 0.2) is 18.3 Å². The number of Topliss-reactive ketones (excluding diaryl/α,β-unsaturated/α-hetero) is 1. The van der Waals surface area contributed by atoms with E-state index in [-0.39, 0.29) is 17.8 Å². The van der Waals surface area contributed by atoms with E-state index in [0.29, 0.717) is 38.0 Å². The summed E-state index contributed by atoms with van der Waals surface area (Å²) in [5.74, 6) is 0.296. The van der Waals surface area contributed by atoms with E-state index in [1.807, 2.05) is 32.9 Å². The van der Waals surface area contributed by atoms with E-state index in [4.69, 9.17) is 10.00 Å². The minimum Gasteiger partial charge on any atom is -0.444 e. The fraction of sp³-hybridized carbons (Fsp3) is 0.600. The van der Waals surface area contributed by atoms with Crippen molar-refractivity contribution in [1.29, 1.82) is 5.26 Å². The maximum atomic E-state index is 12.4. The molecule has 140 valence electrons. The molecule has 1 aromatic heterocycles. The molecule has 1 aliphatic rings. The van der Waals surface area contributed by atoms with Gasteiger partial charge in [0.2, 0.25) is 0 Å². The van der Waals surface area contributed by atoms with Gasteiger partial charge in [0.05, 0.1) is 0 Å². The van der Waals surface area contributed by atoms with Gasteiger partial charge in [0.15, 0.2) is 0 Å². The summed E-state index contributed by atoms with van der Waals surface area (Å²) < 4.78 is 5.38. The molecular weight excluding hydrogens is 330 g/mol. The van der Waals surface area contributed by atoms with Crippen molar-refractivity contribution in [2.24, 2.45) is 5.92 Å². The largest absolute Gasteiger partial charge is 0.444 e. The zero-order valence-corrected chi connectivity index (χ0v) is 15.8. The number of hydrogen-bond donors (Lipinski definition) is 0. The highest BCUT2D eigenvalue weighted by atomic mass is 16.6. The number of rotatable bonds is 5. The van der Waals surface area contributed by atoms with E-state index in [2.05, 4.69) is 4.98 Å². The number of ketones is 1. The standard InChI is InChI=1S/C20H27N3O3/c1-20(2,3)26-19(25)23-11-8-16(9-12-23)18(24)6-4-5-15-7-10-22-17(13-15)14-21/h7,10,13,16H,4-6,8-9,11-12H2,1-3H3. The Kier molecular flexibility index (Phi) is 6.73. The zero-order valence-electron chi connectivity index (χ0n) is 15.8. The number of ether oxygens (including phenoxy) is 1. The number of likely N-dealkylation sites (tertiary alicyclic amines) is 1. The number of carbonyl (C=O) groups is 2. The van der Waals surface area contributed by atoms with Gasteiger partial charge in [0, 0.05) is 31.6 Å². The van der Waals surface area contributed by atoms with Crippen LogP contribution in [-0.4, -0.2) is 40.5 Å². The molecule has 6 nitrogen and oxygen atoms in total. The molecular formula is C20H27N3O3. The summed E-state index contributed by atoms with van der Waals surface area (Å²) in [6.45, 7) is 6.69. The van der Waals surface area contributed by atoms with Crippen molar-refractivity contribution >= 4 is 11.9 Å². The van der Waals surface area contributed by atoms with Gasteiger partial charge < -0.3 is 9.64 Å². The predicted octanol–water partition coefficient (Wildman–Crippen LogP) is 3.49. The average Bonchev–Trinajstić information content (AvgIpc) is 2.60. The zero-order chi connectivity index (χ0) is 19.2. The molecule has 1 amide bonds. The summed E-state index contributed by atoms with van der Waals surface area (Å²) in [5, 5.41) is 8.87. The van der Waals surface area contributed by atoms with Crippen molar-refractivity contribution in [1.82, 2.24) is 9.88 Å². The smallest absolute Gasteiger partial charge is 0.410 e. The Morgan fingerprint density at radius 3 is 2.65 bits per heavy atom. The lowest BCUT2D eigenvalue weighted by atomic mass is 9.90. The second-order valence-electron chi connectivity index (χ2n) is 7.72. The Labute approximate surface area is 155 Å². The van der Waals surface area contributed by atoms with Gasteiger partial charge >= 0.3 is 6.09 Å². The molecule has 2 heterocycles. The van der Waals surface area contributed by atoms with Crippen LogP contribution in [0.2, 0.25) is 0 Å². The van der Waals surface area contributed by atoms with E-state index < -0.39 is 5.60 Å². The number of nitrogens with zero attached hydrogens (tertiary/aromatic N) is 3. The molecule has 0 aromatic carbocycles. The lowest BCUT2D eigenvalue weighted by molar-refractivity contribution is -0.124. The summed E-state index contributed by atoms with van der Waals surface area (Å²) in [6.07, 6.45) is 4.79. The molecule has 0 radical (unpaired) electrons. The fourth-order valence-corrected chi connectivity index (χ4v) is 3.07. The lowest BCUT2D eigenvalue weighted by Crippen LogP contribution is -2.42. The van der Waals surface area contributed by atoms with Crippen molar-refractivity contribution in [3.63, 3.8) is 0 Å². The van der Waals surface area contributed by atoms with Crippen LogP contribution in [-0.2, 0) is 16.0 Å². The number of aromatic nitrogens is 1. The van der Waals surface area contributed by atoms with Gasteiger partial charge in [-0.3, -0.25) is 4.79 Å². The third-order valence-electron chi connectivity index (χ3n) is 4.43. The summed E-state index contributed by atoms with van der Waals surface area (Å²) in [4.78, 5) is 30.1. The van der Waals surface area contributed by atoms with Crippen LogP contribution in [0.25, 0.3) is 0 Å². The topological polar surface area (TPSA) is 83.3 Å². The van der Waals surface area contributed by atoms with Crippen molar-refractivity contribution < 1.29 is 14.3 Å². The molecule has 0 spiro atoms. The Morgan fingerprint density at radius 2 is 2.04 bits per heavy atom. The minimum atomic E-state index is -0.498. The van der Waals surface area contributed by atoms with Crippen molar-refractivity contribution in [3.8, 4) is 6.07 Å². The molecule has 0 atom stereocenters. The lowest BCUT2D eigenvalue weighted by Gasteiger charge is -2.33. The molecule has 1 fully saturated rings. The van der Waals surface area contributed by atoms with Crippen LogP contribution in [0.5, 0.6) is 0 Å². The number of piperidine rings is 1. The Bertz CT molecular complexity index is 680. The summed E-state index contributed by atoms with van der Waals surface area (Å²) in [7, 11) is 0. The first kappa shape index (κ1) is 19.9. The van der Waals surface area contributed by atoms with Gasteiger partial charge in [-0.15, -0.1) is 0 Å². The van der Waals surface area contributed by atoms with Gasteiger partial charge in [0.25, 0.3) is 0 Å². The summed E-state index contributed by atoms with van der Waals surface area (Å²) in [6, 6.07) is 5.67. The molecule has 2 rings (SSSR count). The normalized spacial score (nSPS) is 15.4. The van der Waals surface area contributed by atoms with Gasteiger partial charge in [0.1, 0.15) is 23.1 Å². The van der Waals surface area contributed by atoms with Gasteiger partial charge in [-0.05, 0) is 64.2 Å². The van der Waals surface area contributed by atoms with Crippen molar-refractivity contribution in [3.05, 3.63) is 29.6 Å². The number of amides is 1. The van der Waals surface area contributed by atoms with Crippen LogP contribution < -0.4 is 0 Å². The number of pyridine rings is 1. The van der Waals surface area contributed by atoms with Crippen molar-refractivity contribution in [2.45, 2.75) is 58.5 Å². The number of aryl methyl sites for hydroxylation is 1. The Morgan fingerprint density at radius 1 is 1.35 bits per heavy atom. The monoisotopic (exact) mass is 357 g/mol. The first-order valence-electron chi connectivity index (χ1n) is 9.14. The number of carbonyl (C=O) groups excluding carboxylic acids is 2. The van der Waals surface area contributed by atoms with Gasteiger partial charge in [-0.25, -0.2) is 9.78 Å². The van der Waals surface area contributed by atoms with Gasteiger partial charge in [-0.2, -0.15) is 5.26 Å². The highest BCUT2D eigenvalue weighted by Crippen LogP contribution is 2.22. The second-order valence-corrected chi connectivity index (χ2v) is 7.72. The molecule has 0 unspecified atom stereocenters. The minimum absolute atomic E-state index is 0.0285. The van der Waals surface area contributed by atoms with Crippen molar-refractivity contribution in [2.75, 3.05) is 13.1 Å². The Balaban J connectivity index is 1.73. The first-order chi connectivity index (χ1) is 12.3. The molecule has 0 N–H and O–H groups in total. The average molecular weight is 357 g/mol. The molecule has 0 saturated carbocycles. The molecule has 6 heteroatoms. The SMILES string of the molecule is CC(C)(C)OC(=O)N1CCC(C(=O)CCCc2ccnc(C#N)c2)CC1. The molecule has 0 aliphatic carbocycles. The van der Waals surface area contributed by atoms with E-state index >= 15 is 0 Å². The predicted molar refractivity (Wildman–Crippen MR) is 97.4 cm³/mol. The fourth-order valence-electron chi connectivity index (χ4n) is 3.07. The van der Waals surface area contributed by atoms with E-state index in [9.17, 15) is 9.59 Å². The first-order valence-corrected chi connectivity index (χ1v) is 9.14. The number of nitriles is 1. The highest BCUT2D eigenvalue weighted by molar-refractivity contribution is 5.81. The van der Waals surface area contributed by atoms with E-state index in [1.165, 1.54) is 0 Å². The van der Waals surface area contributed by atoms with Crippen LogP contribution in [0, 0.1) is 17.2 Å². The van der Waals surface area contributed by atoms with Gasteiger partial charge in [-0.1, -0.05) is 0 Å². The molecule has 1 saturated heterocycles. The molecule has 26 heavy (non-hydrogen) atoms. The quantitative estimate of drug-likeness (QED) is 0.805. The Hall–Kier alpha value is -2.42. The summed E-state index contributed by atoms with van der Waals surface area (Å²) in [5.41, 5.74) is 0.940. The second kappa shape index (κ2) is 8.79. The maximum absolute atomic E-state index is 12.4. The maximum Gasteiger partial charge on any atom is 0.410 e. The summed E-state index contributed by atoms with van der Waals surface area (Å²) >= 11 is 0. The van der Waals surface area contributed by atoms with Crippen LogP contribution in [0.3, 0.4) is 0 Å². The number of hydrogen-bond acceptors (Lipinski definition) is 5. The third kappa shape index (κ3) is 6.14. The van der Waals surface area contributed by atoms with Crippen LogP contribution >= 0.6 is 0 Å². The molecule has 1 aliphatic heterocycles. The van der Waals surface area contributed by atoms with Crippen LogP contribution in [0.4, 0.5) is 4.79 Å². The van der Waals surface area contributed by atoms with E-state index in [1.54, 1.807) is 17.2 Å². The van der Waals surface area contributed by atoms with Crippen LogP contribution in [0.1, 0.15) is 57.7 Å². The van der Waals surface area contributed by atoms with E-state index in [0.717, 1.165) is 18.4 Å². The highest BCUT2D eigenvalue weighted by Gasteiger charge is 2.29.